The molecule has 0 aliphatic heterocycles. The van der Waals surface area contributed by atoms with Gasteiger partial charge in [-0.15, -0.1) is 0 Å². The number of nitrogens with zero attached hydrogens (tertiary/aromatic N) is 3. The molecule has 0 aliphatic rings. The summed E-state index contributed by atoms with van der Waals surface area (Å²) in [4.78, 5) is 14.7. The zero-order chi connectivity index (χ0) is 17.9. The van der Waals surface area contributed by atoms with Gasteiger partial charge in [-0.1, -0.05) is 71.9 Å². The average Bonchev–Trinajstić information content (AvgIpc) is 2.65. The normalized spacial score (nSPS) is 12.0. The molecule has 2 aromatic carbocycles. The fraction of sp³-hybridized carbons (Fsp3) is 0.211. The van der Waals surface area contributed by atoms with Gasteiger partial charge in [-0.3, -0.25) is 0 Å². The molecule has 1 unspecified atom stereocenters. The Balaban J connectivity index is 2.46. The highest BCUT2D eigenvalue weighted by molar-refractivity contribution is 5.73. The fourth-order valence-corrected chi connectivity index (χ4v) is 2.37. The number of carbonyl (C=O) groups is 1. The van der Waals surface area contributed by atoms with E-state index in [-0.39, 0.29) is 13.2 Å². The van der Waals surface area contributed by atoms with E-state index in [4.69, 9.17) is 15.0 Å². The van der Waals surface area contributed by atoms with Gasteiger partial charge in [-0.25, -0.2) is 4.79 Å². The Hall–Kier alpha value is -3.24. The molecule has 0 fully saturated rings. The molecule has 1 atom stereocenters. The van der Waals surface area contributed by atoms with Crippen molar-refractivity contribution >= 4 is 11.7 Å². The minimum Gasteiger partial charge on any atom is -0.435 e. The van der Waals surface area contributed by atoms with Crippen molar-refractivity contribution in [3.8, 4) is 0 Å². The molecule has 0 saturated heterocycles. The minimum absolute atomic E-state index is 0.149. The number of benzene rings is 2. The highest BCUT2D eigenvalue weighted by Crippen LogP contribution is 2.33. The summed E-state index contributed by atoms with van der Waals surface area (Å²) in [7, 11) is 0. The summed E-state index contributed by atoms with van der Waals surface area (Å²) >= 11 is 0. The summed E-state index contributed by atoms with van der Waals surface area (Å²) < 4.78 is 10.5. The second-order valence-electron chi connectivity index (χ2n) is 5.03. The van der Waals surface area contributed by atoms with Gasteiger partial charge >= 0.3 is 6.16 Å². The Morgan fingerprint density at radius 1 is 1.16 bits per heavy atom. The topological polar surface area (TPSA) is 84.3 Å². The van der Waals surface area contributed by atoms with Crippen molar-refractivity contribution < 1.29 is 14.3 Å². The van der Waals surface area contributed by atoms with Crippen LogP contribution < -0.4 is 0 Å². The molecular weight excluding hydrogens is 318 g/mol. The smallest absolute Gasteiger partial charge is 0.435 e. The van der Waals surface area contributed by atoms with Gasteiger partial charge in [0, 0.05) is 17.0 Å². The van der Waals surface area contributed by atoms with E-state index in [0.29, 0.717) is 0 Å². The molecule has 2 aromatic rings. The van der Waals surface area contributed by atoms with Crippen molar-refractivity contribution in [2.75, 3.05) is 13.2 Å². The van der Waals surface area contributed by atoms with Crippen LogP contribution in [0, 0.1) is 0 Å². The molecule has 25 heavy (non-hydrogen) atoms. The zero-order valence-corrected chi connectivity index (χ0v) is 13.9. The lowest BCUT2D eigenvalue weighted by molar-refractivity contribution is 0.0427. The molecule has 0 radical (unpaired) electrons. The first-order valence-corrected chi connectivity index (χ1v) is 7.91. The van der Waals surface area contributed by atoms with Crippen molar-refractivity contribution in [1.29, 1.82) is 0 Å². The average molecular weight is 337 g/mol. The van der Waals surface area contributed by atoms with Crippen molar-refractivity contribution in [1.82, 2.24) is 0 Å². The van der Waals surface area contributed by atoms with Crippen LogP contribution in [0.2, 0.25) is 0 Å². The number of hydrogen-bond donors (Lipinski definition) is 0. The molecule has 128 valence electrons. The summed E-state index contributed by atoms with van der Waals surface area (Å²) in [5.41, 5.74) is 10.9. The van der Waals surface area contributed by atoms with E-state index in [9.17, 15) is 4.79 Å². The maximum Gasteiger partial charge on any atom is 0.509 e. The van der Waals surface area contributed by atoms with Crippen molar-refractivity contribution in [3.63, 3.8) is 0 Å². The van der Waals surface area contributed by atoms with Crippen LogP contribution in [-0.4, -0.2) is 19.3 Å². The Morgan fingerprint density at radius 2 is 1.80 bits per heavy atom. The van der Waals surface area contributed by atoms with Crippen LogP contribution in [0.25, 0.3) is 16.0 Å². The second kappa shape index (κ2) is 9.80. The van der Waals surface area contributed by atoms with Crippen LogP contribution in [0.3, 0.4) is 0 Å². The summed E-state index contributed by atoms with van der Waals surface area (Å²) in [6.07, 6.45) is 0.338. The van der Waals surface area contributed by atoms with Crippen molar-refractivity contribution in [2.45, 2.75) is 13.0 Å². The molecule has 0 N–H and O–H groups in total. The molecule has 0 amide bonds. The Labute approximate surface area is 146 Å². The molecule has 0 bridgehead atoms. The maximum atomic E-state index is 11.9. The van der Waals surface area contributed by atoms with Crippen LogP contribution in [0.5, 0.6) is 0 Å². The van der Waals surface area contributed by atoms with Crippen LogP contribution in [0.1, 0.15) is 24.2 Å². The van der Waals surface area contributed by atoms with Crippen molar-refractivity contribution in [3.05, 3.63) is 88.3 Å². The summed E-state index contributed by atoms with van der Waals surface area (Å²) in [5, 5.41) is 3.56. The Morgan fingerprint density at radius 3 is 2.40 bits per heavy atom. The number of hydrogen-bond acceptors (Lipinski definition) is 4. The molecule has 0 spiro atoms. The van der Waals surface area contributed by atoms with Crippen LogP contribution in [0.15, 0.2) is 71.9 Å². The Bertz CT molecular complexity index is 754. The van der Waals surface area contributed by atoms with E-state index in [1.807, 2.05) is 60.7 Å². The third kappa shape index (κ3) is 5.41. The minimum atomic E-state index is -0.748. The molecule has 0 aliphatic carbocycles. The summed E-state index contributed by atoms with van der Waals surface area (Å²) in [5.74, 6) is 0. The molecule has 0 aromatic heterocycles. The standard InChI is InChI=1S/C19H19N3O3/c1-2-24-19(23)25-18(16-11-7-4-8-12-16)17(13-14-21-22-20)15-9-5-3-6-10-15/h3-13,18H,2,14H2,1H3/b17-13+. The van der Waals surface area contributed by atoms with Gasteiger partial charge in [0.25, 0.3) is 0 Å². The third-order valence-corrected chi connectivity index (χ3v) is 3.42. The molecule has 2 rings (SSSR count). The lowest BCUT2D eigenvalue weighted by Crippen LogP contribution is -2.14. The van der Waals surface area contributed by atoms with Crippen LogP contribution in [-0.2, 0) is 9.47 Å². The number of azide groups is 1. The van der Waals surface area contributed by atoms with Gasteiger partial charge in [0.1, 0.15) is 0 Å². The monoisotopic (exact) mass is 337 g/mol. The van der Waals surface area contributed by atoms with Gasteiger partial charge < -0.3 is 9.47 Å². The lowest BCUT2D eigenvalue weighted by atomic mass is 9.94. The molecule has 6 nitrogen and oxygen atoms in total. The van der Waals surface area contributed by atoms with Gasteiger partial charge in [0.15, 0.2) is 6.10 Å². The highest BCUT2D eigenvalue weighted by atomic mass is 16.7. The van der Waals surface area contributed by atoms with E-state index in [1.165, 1.54) is 0 Å². The number of rotatable bonds is 7. The predicted molar refractivity (Wildman–Crippen MR) is 95.7 cm³/mol. The van der Waals surface area contributed by atoms with E-state index in [0.717, 1.165) is 16.7 Å². The first-order valence-electron chi connectivity index (χ1n) is 7.91. The zero-order valence-electron chi connectivity index (χ0n) is 13.9. The predicted octanol–water partition coefficient (Wildman–Crippen LogP) is 5.29. The maximum absolute atomic E-state index is 11.9. The SMILES string of the molecule is CCOC(=O)OC(/C(=C/CN=[N+]=[N-])c1ccccc1)c1ccccc1. The van der Waals surface area contributed by atoms with Gasteiger partial charge in [0.05, 0.1) is 6.61 Å². The van der Waals surface area contributed by atoms with E-state index in [2.05, 4.69) is 10.0 Å². The molecule has 6 heteroatoms. The van der Waals surface area contributed by atoms with E-state index >= 15 is 0 Å². The lowest BCUT2D eigenvalue weighted by Gasteiger charge is -2.21. The third-order valence-electron chi connectivity index (χ3n) is 3.42. The van der Waals surface area contributed by atoms with Gasteiger partial charge in [0.2, 0.25) is 0 Å². The molecule has 0 saturated carbocycles. The number of carbonyl (C=O) groups excluding carboxylic acids is 1. The summed E-state index contributed by atoms with van der Waals surface area (Å²) in [6, 6.07) is 18.9. The van der Waals surface area contributed by atoms with Gasteiger partial charge in [-0.05, 0) is 23.6 Å². The van der Waals surface area contributed by atoms with Gasteiger partial charge in [-0.2, -0.15) is 0 Å². The van der Waals surface area contributed by atoms with E-state index in [1.54, 1.807) is 13.0 Å². The van der Waals surface area contributed by atoms with Crippen LogP contribution in [0.4, 0.5) is 4.79 Å². The van der Waals surface area contributed by atoms with Crippen LogP contribution >= 0.6 is 0 Å². The molecular formula is C19H19N3O3. The Kier molecular flexibility index (Phi) is 7.10. The van der Waals surface area contributed by atoms with Crippen molar-refractivity contribution in [2.24, 2.45) is 5.11 Å². The summed E-state index contributed by atoms with van der Waals surface area (Å²) in [6.45, 7) is 2.09. The second-order valence-corrected chi connectivity index (χ2v) is 5.03. The highest BCUT2D eigenvalue weighted by Gasteiger charge is 2.23. The largest absolute Gasteiger partial charge is 0.509 e. The molecule has 0 heterocycles. The van der Waals surface area contributed by atoms with E-state index < -0.39 is 12.3 Å². The first kappa shape index (κ1) is 18.1. The quantitative estimate of drug-likeness (QED) is 0.297. The number of ether oxygens (including phenoxy) is 2. The first-order chi connectivity index (χ1) is 12.3. The fourth-order valence-electron chi connectivity index (χ4n) is 2.37.